The van der Waals surface area contributed by atoms with Crippen LogP contribution in [0.15, 0.2) is 48.7 Å². The largest absolute Gasteiger partial charge is 0.210 e. The molecule has 0 aliphatic rings. The number of rotatable bonds is 1. The molecular formula is C13H14N+. The summed E-state index contributed by atoms with van der Waals surface area (Å²) in [6.07, 6.45) is 2.09. The highest BCUT2D eigenvalue weighted by Crippen LogP contribution is 2.04. The van der Waals surface area contributed by atoms with Gasteiger partial charge in [0.05, 0.1) is 0 Å². The number of hydrogen-bond acceptors (Lipinski definition) is 0. The third-order valence-electron chi connectivity index (χ3n) is 2.55. The van der Waals surface area contributed by atoms with Crippen LogP contribution in [0.3, 0.4) is 0 Å². The summed E-state index contributed by atoms with van der Waals surface area (Å²) in [7, 11) is 0. The van der Waals surface area contributed by atoms with Gasteiger partial charge in [-0.15, -0.1) is 0 Å². The second-order valence-electron chi connectivity index (χ2n) is 3.48. The summed E-state index contributed by atoms with van der Waals surface area (Å²) in [6, 6.07) is 14.6. The Labute approximate surface area is 84.6 Å². The molecule has 70 valence electrons. The minimum Gasteiger partial charge on any atom is -0.165 e. The fourth-order valence-electron chi connectivity index (χ4n) is 1.56. The summed E-state index contributed by atoms with van der Waals surface area (Å²) in [4.78, 5) is 0. The summed E-state index contributed by atoms with van der Waals surface area (Å²) in [5.74, 6) is 0. The molecule has 1 nitrogen and oxygen atoms in total. The number of aryl methyl sites for hydroxylation is 1. The Kier molecular flexibility index (Phi) is 2.32. The molecule has 0 saturated heterocycles. The van der Waals surface area contributed by atoms with Crippen LogP contribution in [-0.4, -0.2) is 0 Å². The Hall–Kier alpha value is -1.63. The highest BCUT2D eigenvalue weighted by molar-refractivity contribution is 5.23. The number of nitrogens with zero attached hydrogens (tertiary/aromatic N) is 1. The van der Waals surface area contributed by atoms with Crippen LogP contribution in [0, 0.1) is 13.8 Å². The van der Waals surface area contributed by atoms with Crippen molar-refractivity contribution in [1.82, 2.24) is 0 Å². The lowest BCUT2D eigenvalue weighted by atomic mass is 10.2. The molecule has 0 bridgehead atoms. The van der Waals surface area contributed by atoms with Crippen LogP contribution in [-0.2, 0) is 0 Å². The Balaban J connectivity index is 2.58. The topological polar surface area (TPSA) is 3.88 Å². The van der Waals surface area contributed by atoms with E-state index in [1.54, 1.807) is 0 Å². The van der Waals surface area contributed by atoms with Gasteiger partial charge >= 0.3 is 0 Å². The fourth-order valence-corrected chi connectivity index (χ4v) is 1.56. The van der Waals surface area contributed by atoms with Gasteiger partial charge in [0.15, 0.2) is 11.9 Å². The third-order valence-corrected chi connectivity index (χ3v) is 2.55. The first-order chi connectivity index (χ1) is 6.79. The van der Waals surface area contributed by atoms with E-state index < -0.39 is 0 Å². The van der Waals surface area contributed by atoms with Crippen LogP contribution in [0.1, 0.15) is 11.3 Å². The molecule has 14 heavy (non-hydrogen) atoms. The van der Waals surface area contributed by atoms with Gasteiger partial charge in [-0.25, -0.2) is 0 Å². The van der Waals surface area contributed by atoms with E-state index in [0.717, 1.165) is 0 Å². The van der Waals surface area contributed by atoms with Crippen molar-refractivity contribution in [3.63, 3.8) is 0 Å². The summed E-state index contributed by atoms with van der Waals surface area (Å²) < 4.78 is 2.20. The summed E-state index contributed by atoms with van der Waals surface area (Å²) >= 11 is 0. The van der Waals surface area contributed by atoms with Gasteiger partial charge in [-0.1, -0.05) is 18.2 Å². The van der Waals surface area contributed by atoms with Gasteiger partial charge < -0.3 is 0 Å². The molecule has 1 aromatic carbocycles. The Morgan fingerprint density at radius 3 is 2.29 bits per heavy atom. The molecule has 2 aromatic rings. The molecule has 1 aromatic heterocycles. The molecule has 0 aliphatic heterocycles. The number of aromatic nitrogens is 1. The number of pyridine rings is 1. The van der Waals surface area contributed by atoms with Crippen LogP contribution in [0.25, 0.3) is 5.69 Å². The molecule has 0 fully saturated rings. The predicted molar refractivity (Wildman–Crippen MR) is 57.4 cm³/mol. The first-order valence-electron chi connectivity index (χ1n) is 4.82. The average molecular weight is 184 g/mol. The molecular weight excluding hydrogens is 170 g/mol. The monoisotopic (exact) mass is 184 g/mol. The molecule has 0 N–H and O–H groups in total. The van der Waals surface area contributed by atoms with Gasteiger partial charge in [-0.05, 0) is 13.0 Å². The molecule has 1 heteroatoms. The molecule has 2 rings (SSSR count). The van der Waals surface area contributed by atoms with E-state index in [1.807, 2.05) is 6.07 Å². The first-order valence-corrected chi connectivity index (χ1v) is 4.82. The molecule has 0 spiro atoms. The molecule has 0 atom stereocenters. The van der Waals surface area contributed by atoms with E-state index in [2.05, 4.69) is 61.0 Å². The van der Waals surface area contributed by atoms with Crippen molar-refractivity contribution in [2.45, 2.75) is 13.8 Å². The smallest absolute Gasteiger partial charge is 0.165 e. The van der Waals surface area contributed by atoms with E-state index in [-0.39, 0.29) is 0 Å². The number of hydrogen-bond donors (Lipinski definition) is 0. The van der Waals surface area contributed by atoms with E-state index in [4.69, 9.17) is 0 Å². The standard InChI is InChI=1S/C13H14N/c1-11-7-6-10-14(12(11)2)13-8-4-3-5-9-13/h3-10H,1-2H3/q+1. The molecule has 1 heterocycles. The second-order valence-corrected chi connectivity index (χ2v) is 3.48. The third kappa shape index (κ3) is 1.53. The quantitative estimate of drug-likeness (QED) is 0.600. The average Bonchev–Trinajstić information content (AvgIpc) is 2.23. The van der Waals surface area contributed by atoms with Gasteiger partial charge in [0.1, 0.15) is 0 Å². The second kappa shape index (κ2) is 3.62. The maximum atomic E-state index is 2.20. The van der Waals surface area contributed by atoms with Crippen LogP contribution >= 0.6 is 0 Å². The Morgan fingerprint density at radius 2 is 1.57 bits per heavy atom. The van der Waals surface area contributed by atoms with E-state index in [9.17, 15) is 0 Å². The van der Waals surface area contributed by atoms with Crippen molar-refractivity contribution in [2.75, 3.05) is 0 Å². The predicted octanol–water partition coefficient (Wildman–Crippen LogP) is 2.58. The first kappa shape index (κ1) is 8.95. The molecule has 0 unspecified atom stereocenters. The van der Waals surface area contributed by atoms with Crippen molar-refractivity contribution in [3.8, 4) is 5.69 Å². The van der Waals surface area contributed by atoms with Gasteiger partial charge in [-0.3, -0.25) is 0 Å². The lowest BCUT2D eigenvalue weighted by Gasteiger charge is -2.00. The van der Waals surface area contributed by atoms with Crippen LogP contribution < -0.4 is 4.57 Å². The van der Waals surface area contributed by atoms with E-state index in [1.165, 1.54) is 16.9 Å². The van der Waals surface area contributed by atoms with Crippen molar-refractivity contribution < 1.29 is 4.57 Å². The molecule has 0 amide bonds. The van der Waals surface area contributed by atoms with Gasteiger partial charge in [-0.2, -0.15) is 4.57 Å². The lowest BCUT2D eigenvalue weighted by molar-refractivity contribution is -0.603. The SMILES string of the molecule is Cc1ccc[n+](-c2ccccc2)c1C. The van der Waals surface area contributed by atoms with Gasteiger partial charge in [0, 0.05) is 30.7 Å². The van der Waals surface area contributed by atoms with Crippen LogP contribution in [0.2, 0.25) is 0 Å². The maximum Gasteiger partial charge on any atom is 0.210 e. The minimum absolute atomic E-state index is 1.22. The summed E-state index contributed by atoms with van der Waals surface area (Å²) in [6.45, 7) is 4.27. The summed E-state index contributed by atoms with van der Waals surface area (Å²) in [5, 5.41) is 0. The van der Waals surface area contributed by atoms with E-state index in [0.29, 0.717) is 0 Å². The lowest BCUT2D eigenvalue weighted by Crippen LogP contribution is -2.34. The zero-order valence-electron chi connectivity index (χ0n) is 8.57. The molecule has 0 radical (unpaired) electrons. The van der Waals surface area contributed by atoms with Crippen LogP contribution in [0.4, 0.5) is 0 Å². The van der Waals surface area contributed by atoms with Crippen molar-refractivity contribution in [1.29, 1.82) is 0 Å². The number of benzene rings is 1. The van der Waals surface area contributed by atoms with Crippen LogP contribution in [0.5, 0.6) is 0 Å². The number of para-hydroxylation sites is 1. The van der Waals surface area contributed by atoms with Gasteiger partial charge in [0.2, 0.25) is 5.69 Å². The molecule has 0 aliphatic carbocycles. The van der Waals surface area contributed by atoms with Crippen molar-refractivity contribution >= 4 is 0 Å². The van der Waals surface area contributed by atoms with Crippen molar-refractivity contribution in [2.24, 2.45) is 0 Å². The minimum atomic E-state index is 1.22. The zero-order valence-corrected chi connectivity index (χ0v) is 8.57. The maximum absolute atomic E-state index is 2.20. The highest BCUT2D eigenvalue weighted by atomic mass is 15.0. The van der Waals surface area contributed by atoms with Crippen molar-refractivity contribution in [3.05, 3.63) is 59.9 Å². The summed E-state index contributed by atoms with van der Waals surface area (Å²) in [5.41, 5.74) is 3.82. The van der Waals surface area contributed by atoms with E-state index >= 15 is 0 Å². The Morgan fingerprint density at radius 1 is 0.857 bits per heavy atom. The Bertz CT molecular complexity index is 432. The van der Waals surface area contributed by atoms with Gasteiger partial charge in [0.25, 0.3) is 0 Å². The normalized spacial score (nSPS) is 10.1. The zero-order chi connectivity index (χ0) is 9.97. The molecule has 0 saturated carbocycles. The highest BCUT2D eigenvalue weighted by Gasteiger charge is 2.09. The fraction of sp³-hybridized carbons (Fsp3) is 0.154.